The van der Waals surface area contributed by atoms with Crippen molar-refractivity contribution >= 4 is 45.0 Å². The number of rotatable bonds is 6. The number of carbonyl (C=O) groups is 1. The van der Waals surface area contributed by atoms with Crippen molar-refractivity contribution in [2.45, 2.75) is 11.4 Å². The second-order valence-corrected chi connectivity index (χ2v) is 9.38. The number of nitrogens with one attached hydrogen (secondary N) is 1. The number of sulfonamides is 1. The monoisotopic (exact) mass is 452 g/mol. The molecule has 7 nitrogen and oxygen atoms in total. The number of hydrogen-bond acceptors (Lipinski definition) is 4. The predicted molar refractivity (Wildman–Crippen MR) is 113 cm³/mol. The molecule has 0 aliphatic heterocycles. The molecule has 0 radical (unpaired) electrons. The van der Waals surface area contributed by atoms with Crippen LogP contribution in [-0.2, 0) is 16.6 Å². The van der Waals surface area contributed by atoms with Crippen LogP contribution in [0, 0.1) is 0 Å². The van der Waals surface area contributed by atoms with E-state index in [0.29, 0.717) is 17.4 Å². The van der Waals surface area contributed by atoms with Gasteiger partial charge >= 0.3 is 0 Å². The van der Waals surface area contributed by atoms with Gasteiger partial charge in [-0.25, -0.2) is 17.4 Å². The first kappa shape index (κ1) is 21.3. The number of anilines is 1. The molecular formula is C19H18Cl2N4O3S. The summed E-state index contributed by atoms with van der Waals surface area (Å²) in [6.07, 6.45) is 1.56. The van der Waals surface area contributed by atoms with E-state index in [9.17, 15) is 13.2 Å². The van der Waals surface area contributed by atoms with E-state index < -0.39 is 15.9 Å². The fourth-order valence-corrected chi connectivity index (χ4v) is 3.82. The van der Waals surface area contributed by atoms with Gasteiger partial charge in [0.1, 0.15) is 5.82 Å². The molecule has 1 amide bonds. The van der Waals surface area contributed by atoms with Gasteiger partial charge < -0.3 is 5.32 Å². The summed E-state index contributed by atoms with van der Waals surface area (Å²) in [6, 6.07) is 12.9. The van der Waals surface area contributed by atoms with E-state index >= 15 is 0 Å². The van der Waals surface area contributed by atoms with Crippen molar-refractivity contribution in [2.24, 2.45) is 0 Å². The fourth-order valence-electron chi connectivity index (χ4n) is 2.56. The third-order valence-electron chi connectivity index (χ3n) is 4.16. The molecule has 10 heteroatoms. The number of benzene rings is 2. The van der Waals surface area contributed by atoms with Crippen molar-refractivity contribution in [2.75, 3.05) is 19.4 Å². The minimum Gasteiger partial charge on any atom is -0.307 e. The second-order valence-electron chi connectivity index (χ2n) is 6.38. The van der Waals surface area contributed by atoms with Crippen LogP contribution >= 0.6 is 23.2 Å². The molecule has 29 heavy (non-hydrogen) atoms. The molecule has 3 aromatic rings. The van der Waals surface area contributed by atoms with Gasteiger partial charge in [0.25, 0.3) is 5.91 Å². The fraction of sp³-hybridized carbons (Fsp3) is 0.158. The van der Waals surface area contributed by atoms with Crippen molar-refractivity contribution in [3.63, 3.8) is 0 Å². The molecule has 0 saturated carbocycles. The lowest BCUT2D eigenvalue weighted by Gasteiger charge is -2.14. The highest BCUT2D eigenvalue weighted by Gasteiger charge is 2.21. The van der Waals surface area contributed by atoms with Gasteiger partial charge in [0, 0.05) is 25.2 Å². The summed E-state index contributed by atoms with van der Waals surface area (Å²) >= 11 is 12.0. The number of aromatic nitrogens is 2. The zero-order chi connectivity index (χ0) is 21.2. The summed E-state index contributed by atoms with van der Waals surface area (Å²) < 4.78 is 27.4. The number of amides is 1. The topological polar surface area (TPSA) is 84.3 Å². The minimum atomic E-state index is -3.70. The molecule has 0 fully saturated rings. The van der Waals surface area contributed by atoms with Gasteiger partial charge in [0.05, 0.1) is 28.2 Å². The van der Waals surface area contributed by atoms with Gasteiger partial charge in [-0.15, -0.1) is 0 Å². The van der Waals surface area contributed by atoms with Crippen LogP contribution in [0.3, 0.4) is 0 Å². The van der Waals surface area contributed by atoms with E-state index in [1.165, 1.54) is 32.3 Å². The molecule has 0 spiro atoms. The Balaban J connectivity index is 1.85. The molecule has 1 heterocycles. The van der Waals surface area contributed by atoms with Crippen LogP contribution in [0.1, 0.15) is 15.9 Å². The maximum Gasteiger partial charge on any atom is 0.258 e. The Morgan fingerprint density at radius 3 is 2.45 bits per heavy atom. The zero-order valence-electron chi connectivity index (χ0n) is 15.6. The summed E-state index contributed by atoms with van der Waals surface area (Å²) in [5.74, 6) is -0.0921. The van der Waals surface area contributed by atoms with Crippen molar-refractivity contribution in [1.29, 1.82) is 0 Å². The van der Waals surface area contributed by atoms with E-state index in [2.05, 4.69) is 10.4 Å². The summed E-state index contributed by atoms with van der Waals surface area (Å²) in [6.45, 7) is 0.419. The molecular weight excluding hydrogens is 435 g/mol. The van der Waals surface area contributed by atoms with E-state index in [-0.39, 0.29) is 15.5 Å². The molecule has 0 saturated heterocycles. The van der Waals surface area contributed by atoms with Crippen LogP contribution in [-0.4, -0.2) is 42.5 Å². The summed E-state index contributed by atoms with van der Waals surface area (Å²) in [4.78, 5) is 12.7. The Hall–Kier alpha value is -2.39. The smallest absolute Gasteiger partial charge is 0.258 e. The molecule has 1 N–H and O–H groups in total. The van der Waals surface area contributed by atoms with Crippen LogP contribution in [0.5, 0.6) is 0 Å². The van der Waals surface area contributed by atoms with E-state index in [0.717, 1.165) is 9.87 Å². The summed E-state index contributed by atoms with van der Waals surface area (Å²) in [5, 5.41) is 7.72. The van der Waals surface area contributed by atoms with Crippen molar-refractivity contribution in [1.82, 2.24) is 14.1 Å². The highest BCUT2D eigenvalue weighted by molar-refractivity contribution is 7.89. The van der Waals surface area contributed by atoms with Gasteiger partial charge in [-0.2, -0.15) is 5.10 Å². The molecule has 2 aromatic carbocycles. The number of hydrogen-bond donors (Lipinski definition) is 1. The van der Waals surface area contributed by atoms with Crippen molar-refractivity contribution in [3.05, 3.63) is 75.9 Å². The van der Waals surface area contributed by atoms with Gasteiger partial charge in [-0.05, 0) is 35.9 Å². The van der Waals surface area contributed by atoms with Gasteiger partial charge in [-0.1, -0.05) is 35.3 Å². The lowest BCUT2D eigenvalue weighted by atomic mass is 10.2. The van der Waals surface area contributed by atoms with Crippen molar-refractivity contribution in [3.8, 4) is 0 Å². The highest BCUT2D eigenvalue weighted by atomic mass is 35.5. The normalized spacial score (nSPS) is 11.6. The number of nitrogens with zero attached hydrogens (tertiary/aromatic N) is 3. The van der Waals surface area contributed by atoms with E-state index in [1.807, 2.05) is 12.1 Å². The standard InChI is InChI=1S/C19H18Cl2N4O3S/c1-24(2)29(27,28)15-7-8-17(21)16(11-15)19(26)23-18-9-10-22-25(18)12-13-3-5-14(20)6-4-13/h3-11H,12H2,1-2H3,(H,23,26). The summed E-state index contributed by atoms with van der Waals surface area (Å²) in [7, 11) is -0.866. The van der Waals surface area contributed by atoms with Crippen LogP contribution in [0.25, 0.3) is 0 Å². The van der Waals surface area contributed by atoms with E-state index in [4.69, 9.17) is 23.2 Å². The number of halogens is 2. The van der Waals surface area contributed by atoms with Crippen LogP contribution < -0.4 is 5.32 Å². The van der Waals surface area contributed by atoms with Gasteiger partial charge in [0.2, 0.25) is 10.0 Å². The predicted octanol–water partition coefficient (Wildman–Crippen LogP) is 3.74. The molecule has 0 unspecified atom stereocenters. The molecule has 3 rings (SSSR count). The first-order valence-corrected chi connectivity index (χ1v) is 10.7. The molecule has 152 valence electrons. The molecule has 0 aliphatic rings. The summed E-state index contributed by atoms with van der Waals surface area (Å²) in [5.41, 5.74) is 1.000. The maximum atomic E-state index is 12.8. The average Bonchev–Trinajstić information content (AvgIpc) is 3.10. The third-order valence-corrected chi connectivity index (χ3v) is 6.56. The first-order valence-electron chi connectivity index (χ1n) is 8.48. The van der Waals surface area contributed by atoms with Crippen molar-refractivity contribution < 1.29 is 13.2 Å². The molecule has 0 bridgehead atoms. The lowest BCUT2D eigenvalue weighted by molar-refractivity contribution is 0.102. The Bertz CT molecular complexity index is 1140. The van der Waals surface area contributed by atoms with Crippen LogP contribution in [0.15, 0.2) is 59.6 Å². The third kappa shape index (κ3) is 4.79. The minimum absolute atomic E-state index is 0.0216. The second kappa shape index (κ2) is 8.54. The molecule has 1 aromatic heterocycles. The number of carbonyl (C=O) groups excluding carboxylic acids is 1. The largest absolute Gasteiger partial charge is 0.307 e. The Labute approximate surface area is 178 Å². The average molecular weight is 453 g/mol. The zero-order valence-corrected chi connectivity index (χ0v) is 18.0. The molecule has 0 atom stereocenters. The van der Waals surface area contributed by atoms with Gasteiger partial charge in [-0.3, -0.25) is 4.79 Å². The maximum absolute atomic E-state index is 12.8. The SMILES string of the molecule is CN(C)S(=O)(=O)c1ccc(Cl)c(C(=O)Nc2ccnn2Cc2ccc(Cl)cc2)c1. The molecule has 0 aliphatic carbocycles. The Morgan fingerprint density at radius 1 is 1.10 bits per heavy atom. The van der Waals surface area contributed by atoms with E-state index in [1.54, 1.807) is 29.1 Å². The quantitative estimate of drug-likeness (QED) is 0.617. The lowest BCUT2D eigenvalue weighted by Crippen LogP contribution is -2.23. The first-order chi connectivity index (χ1) is 13.7. The van der Waals surface area contributed by atoms with Crippen LogP contribution in [0.2, 0.25) is 10.0 Å². The van der Waals surface area contributed by atoms with Crippen LogP contribution in [0.4, 0.5) is 5.82 Å². The Kier molecular flexibility index (Phi) is 6.28. The highest BCUT2D eigenvalue weighted by Crippen LogP contribution is 2.23. The Morgan fingerprint density at radius 2 is 1.79 bits per heavy atom. The van der Waals surface area contributed by atoms with Gasteiger partial charge in [0.15, 0.2) is 0 Å².